The Hall–Kier alpha value is -1.13. The highest BCUT2D eigenvalue weighted by molar-refractivity contribution is 7.95. The van der Waals surface area contributed by atoms with Gasteiger partial charge in [0.2, 0.25) is 9.84 Å². The molecule has 0 saturated heterocycles. The standard InChI is InChI=1S/C12H15NO2S/c1-9-7-11-4-3-10(5-6-13-2)8-12(11)16(9,14)15/h3-4,7-8,13H,5-6H2,1-2H3. The molecule has 1 aliphatic rings. The maximum atomic E-state index is 11.9. The molecule has 0 radical (unpaired) electrons. The summed E-state index contributed by atoms with van der Waals surface area (Å²) in [7, 11) is -1.31. The van der Waals surface area contributed by atoms with E-state index in [0.29, 0.717) is 9.80 Å². The van der Waals surface area contributed by atoms with Gasteiger partial charge in [-0.1, -0.05) is 12.1 Å². The van der Waals surface area contributed by atoms with Crippen molar-refractivity contribution in [3.05, 3.63) is 34.2 Å². The first kappa shape index (κ1) is 11.4. The van der Waals surface area contributed by atoms with Crippen molar-refractivity contribution in [2.45, 2.75) is 18.2 Å². The molecule has 0 unspecified atom stereocenters. The summed E-state index contributed by atoms with van der Waals surface area (Å²) in [5.74, 6) is 0. The van der Waals surface area contributed by atoms with Crippen molar-refractivity contribution in [1.29, 1.82) is 0 Å². The highest BCUT2D eigenvalue weighted by Crippen LogP contribution is 2.32. The van der Waals surface area contributed by atoms with E-state index in [-0.39, 0.29) is 0 Å². The van der Waals surface area contributed by atoms with Crippen LogP contribution in [0.15, 0.2) is 28.0 Å². The van der Waals surface area contributed by atoms with E-state index in [2.05, 4.69) is 5.32 Å². The Morgan fingerprint density at radius 3 is 2.75 bits per heavy atom. The maximum Gasteiger partial charge on any atom is 0.203 e. The van der Waals surface area contributed by atoms with Gasteiger partial charge < -0.3 is 5.32 Å². The summed E-state index contributed by atoms with van der Waals surface area (Å²) in [5.41, 5.74) is 1.87. The van der Waals surface area contributed by atoms with E-state index < -0.39 is 9.84 Å². The van der Waals surface area contributed by atoms with Gasteiger partial charge in [0.25, 0.3) is 0 Å². The number of sulfone groups is 1. The fraction of sp³-hybridized carbons (Fsp3) is 0.333. The van der Waals surface area contributed by atoms with Gasteiger partial charge in [0.1, 0.15) is 0 Å². The van der Waals surface area contributed by atoms with Gasteiger partial charge in [-0.05, 0) is 50.2 Å². The first-order valence-corrected chi connectivity index (χ1v) is 6.75. The molecule has 0 saturated carbocycles. The minimum absolute atomic E-state index is 0.438. The monoisotopic (exact) mass is 237 g/mol. The van der Waals surface area contributed by atoms with E-state index in [1.165, 1.54) is 0 Å². The molecule has 1 aliphatic heterocycles. The average molecular weight is 237 g/mol. The molecule has 1 heterocycles. The Bertz CT molecular complexity index is 544. The van der Waals surface area contributed by atoms with Crippen molar-refractivity contribution in [1.82, 2.24) is 5.32 Å². The van der Waals surface area contributed by atoms with Crippen molar-refractivity contribution < 1.29 is 8.42 Å². The molecule has 4 heteroatoms. The molecule has 0 spiro atoms. The van der Waals surface area contributed by atoms with Gasteiger partial charge in [0.15, 0.2) is 0 Å². The highest BCUT2D eigenvalue weighted by Gasteiger charge is 2.26. The molecule has 3 nitrogen and oxygen atoms in total. The number of hydrogen-bond acceptors (Lipinski definition) is 3. The van der Waals surface area contributed by atoms with Crippen LogP contribution in [0.4, 0.5) is 0 Å². The Labute approximate surface area is 96.1 Å². The molecule has 0 atom stereocenters. The zero-order valence-corrected chi connectivity index (χ0v) is 10.3. The van der Waals surface area contributed by atoms with E-state index in [0.717, 1.165) is 24.1 Å². The van der Waals surface area contributed by atoms with E-state index in [9.17, 15) is 8.42 Å². The van der Waals surface area contributed by atoms with Crippen LogP contribution in [0.1, 0.15) is 18.1 Å². The van der Waals surface area contributed by atoms with Gasteiger partial charge in [-0.25, -0.2) is 8.42 Å². The third kappa shape index (κ3) is 1.79. The average Bonchev–Trinajstić information content (AvgIpc) is 2.48. The van der Waals surface area contributed by atoms with Crippen molar-refractivity contribution in [2.24, 2.45) is 0 Å². The maximum absolute atomic E-state index is 11.9. The summed E-state index contributed by atoms with van der Waals surface area (Å²) in [5, 5.41) is 3.05. The third-order valence-corrected chi connectivity index (χ3v) is 4.71. The molecule has 0 fully saturated rings. The van der Waals surface area contributed by atoms with Gasteiger partial charge in [-0.3, -0.25) is 0 Å². The second kappa shape index (κ2) is 4.03. The number of fused-ring (bicyclic) bond motifs is 1. The summed E-state index contributed by atoms with van der Waals surface area (Å²) in [6, 6.07) is 5.66. The topological polar surface area (TPSA) is 46.2 Å². The highest BCUT2D eigenvalue weighted by atomic mass is 32.2. The van der Waals surface area contributed by atoms with E-state index in [1.54, 1.807) is 19.1 Å². The molecule has 16 heavy (non-hydrogen) atoms. The lowest BCUT2D eigenvalue weighted by atomic mass is 10.1. The molecule has 1 N–H and O–H groups in total. The second-order valence-corrected chi connectivity index (χ2v) is 6.07. The molecule has 2 rings (SSSR count). The fourth-order valence-corrected chi connectivity index (χ4v) is 3.20. The third-order valence-electron chi connectivity index (χ3n) is 2.81. The van der Waals surface area contributed by atoms with Crippen LogP contribution in [-0.4, -0.2) is 22.0 Å². The molecular formula is C12H15NO2S. The van der Waals surface area contributed by atoms with Crippen LogP contribution in [0.25, 0.3) is 6.08 Å². The van der Waals surface area contributed by atoms with Crippen LogP contribution in [0, 0.1) is 0 Å². The van der Waals surface area contributed by atoms with Crippen molar-refractivity contribution in [3.63, 3.8) is 0 Å². The zero-order chi connectivity index (χ0) is 11.8. The quantitative estimate of drug-likeness (QED) is 0.868. The Morgan fingerprint density at radius 2 is 2.06 bits per heavy atom. The van der Waals surface area contributed by atoms with E-state index in [4.69, 9.17) is 0 Å². The minimum atomic E-state index is -3.19. The molecule has 0 amide bonds. The number of nitrogens with one attached hydrogen (secondary N) is 1. The number of benzene rings is 1. The van der Waals surface area contributed by atoms with E-state index >= 15 is 0 Å². The van der Waals surface area contributed by atoms with Gasteiger partial charge in [-0.15, -0.1) is 0 Å². The fourth-order valence-electron chi connectivity index (χ4n) is 1.83. The van der Waals surface area contributed by atoms with Crippen LogP contribution in [0.3, 0.4) is 0 Å². The molecule has 0 bridgehead atoms. The normalized spacial score (nSPS) is 17.0. The lowest BCUT2D eigenvalue weighted by molar-refractivity contribution is 0.603. The lowest BCUT2D eigenvalue weighted by Gasteiger charge is -2.04. The van der Waals surface area contributed by atoms with Crippen LogP contribution in [0.5, 0.6) is 0 Å². The number of allylic oxidation sites excluding steroid dienone is 1. The van der Waals surface area contributed by atoms with Crippen LogP contribution < -0.4 is 5.32 Å². The molecule has 0 aromatic heterocycles. The van der Waals surface area contributed by atoms with Crippen molar-refractivity contribution >= 4 is 15.9 Å². The predicted molar refractivity (Wildman–Crippen MR) is 64.9 cm³/mol. The first-order chi connectivity index (χ1) is 7.55. The first-order valence-electron chi connectivity index (χ1n) is 5.26. The Kier molecular flexibility index (Phi) is 2.86. The van der Waals surface area contributed by atoms with Crippen LogP contribution >= 0.6 is 0 Å². The largest absolute Gasteiger partial charge is 0.319 e. The summed E-state index contributed by atoms with van der Waals surface area (Å²) in [4.78, 5) is 0.895. The molecule has 86 valence electrons. The zero-order valence-electron chi connectivity index (χ0n) is 9.45. The van der Waals surface area contributed by atoms with Gasteiger partial charge in [-0.2, -0.15) is 0 Å². The summed E-state index contributed by atoms with van der Waals surface area (Å²) < 4.78 is 23.9. The summed E-state index contributed by atoms with van der Waals surface area (Å²) in [6.07, 6.45) is 2.57. The summed E-state index contributed by atoms with van der Waals surface area (Å²) in [6.45, 7) is 2.49. The smallest absolute Gasteiger partial charge is 0.203 e. The summed E-state index contributed by atoms with van der Waals surface area (Å²) >= 11 is 0. The molecular weight excluding hydrogens is 222 g/mol. The minimum Gasteiger partial charge on any atom is -0.319 e. The Morgan fingerprint density at radius 1 is 1.31 bits per heavy atom. The number of hydrogen-bond donors (Lipinski definition) is 1. The van der Waals surface area contributed by atoms with Gasteiger partial charge in [0, 0.05) is 4.91 Å². The van der Waals surface area contributed by atoms with Gasteiger partial charge >= 0.3 is 0 Å². The molecule has 1 aromatic rings. The lowest BCUT2D eigenvalue weighted by Crippen LogP contribution is -2.10. The van der Waals surface area contributed by atoms with Crippen LogP contribution in [0.2, 0.25) is 0 Å². The van der Waals surface area contributed by atoms with Crippen molar-refractivity contribution in [3.8, 4) is 0 Å². The predicted octanol–water partition coefficient (Wildman–Crippen LogP) is 1.60. The van der Waals surface area contributed by atoms with Gasteiger partial charge in [0.05, 0.1) is 4.90 Å². The molecule has 1 aromatic carbocycles. The second-order valence-electron chi connectivity index (χ2n) is 3.98. The number of likely N-dealkylation sites (N-methyl/N-ethyl adjacent to an activating group) is 1. The van der Waals surface area contributed by atoms with E-state index in [1.807, 2.05) is 19.2 Å². The Balaban J connectivity index is 2.41. The molecule has 0 aliphatic carbocycles. The SMILES string of the molecule is CNCCc1ccc2c(c1)S(=O)(=O)C(C)=C2. The number of rotatable bonds is 3. The van der Waals surface area contributed by atoms with Crippen molar-refractivity contribution in [2.75, 3.05) is 13.6 Å². The van der Waals surface area contributed by atoms with Crippen LogP contribution in [-0.2, 0) is 16.3 Å².